The minimum Gasteiger partial charge on any atom is -0.443 e. The van der Waals surface area contributed by atoms with Gasteiger partial charge >= 0.3 is 22.3 Å². The summed E-state index contributed by atoms with van der Waals surface area (Å²) in [5.41, 5.74) is 5.07. The van der Waals surface area contributed by atoms with E-state index in [1.54, 1.807) is 53.7 Å². The van der Waals surface area contributed by atoms with Gasteiger partial charge in [-0.25, -0.2) is 19.5 Å². The summed E-state index contributed by atoms with van der Waals surface area (Å²) < 4.78 is 42.7. The van der Waals surface area contributed by atoms with E-state index in [0.29, 0.717) is 5.56 Å². The van der Waals surface area contributed by atoms with Gasteiger partial charge in [-0.15, -0.1) is 0 Å². The molecule has 1 aliphatic heterocycles. The van der Waals surface area contributed by atoms with Gasteiger partial charge in [0.15, 0.2) is 0 Å². The molecule has 12 heteroatoms. The van der Waals surface area contributed by atoms with Crippen molar-refractivity contribution >= 4 is 38.8 Å². The number of rotatable bonds is 4. The van der Waals surface area contributed by atoms with Crippen molar-refractivity contribution in [3.05, 3.63) is 23.8 Å². The Bertz CT molecular complexity index is 1040. The average molecular weight is 513 g/mol. The standard InChI is InChI=1S/C23H36N4O7S/c1-22(2,3)33-20(28)27(21(29)34-23(4,5)6)15-16-14-17(25-19(24)35(30,31)32)10-11-18(16)26-12-8-7-9-13-26/h10-11,14H,7-9,12-13,15H2,1-6H3,(H2,24,25)(H,30,31,32). The number of hydrogen-bond acceptors (Lipinski definition) is 8. The van der Waals surface area contributed by atoms with Crippen molar-refractivity contribution < 1.29 is 32.0 Å². The van der Waals surface area contributed by atoms with E-state index in [1.165, 1.54) is 6.07 Å². The Kier molecular flexibility index (Phi) is 8.77. The van der Waals surface area contributed by atoms with Crippen LogP contribution in [0.4, 0.5) is 21.0 Å². The van der Waals surface area contributed by atoms with Crippen LogP contribution in [0.1, 0.15) is 66.4 Å². The highest BCUT2D eigenvalue weighted by molar-refractivity contribution is 8.01. The second kappa shape index (κ2) is 10.8. The first-order valence-electron chi connectivity index (χ1n) is 11.4. The Balaban J connectivity index is 2.55. The lowest BCUT2D eigenvalue weighted by molar-refractivity contribution is -0.000230. The molecule has 0 spiro atoms. The van der Waals surface area contributed by atoms with E-state index < -0.39 is 38.7 Å². The normalized spacial score (nSPS) is 15.5. The summed E-state index contributed by atoms with van der Waals surface area (Å²) in [6.45, 7) is 11.5. The Morgan fingerprint density at radius 3 is 2.00 bits per heavy atom. The third-order valence-electron chi connectivity index (χ3n) is 4.82. The lowest BCUT2D eigenvalue weighted by Gasteiger charge is -2.33. The molecular formula is C23H36N4O7S. The minimum atomic E-state index is -4.68. The quantitative estimate of drug-likeness (QED) is 0.344. The van der Waals surface area contributed by atoms with E-state index in [-0.39, 0.29) is 12.2 Å². The van der Waals surface area contributed by atoms with Gasteiger partial charge in [0.2, 0.25) is 5.17 Å². The van der Waals surface area contributed by atoms with Crippen molar-refractivity contribution in [3.8, 4) is 0 Å². The Morgan fingerprint density at radius 1 is 1.03 bits per heavy atom. The molecule has 3 N–H and O–H groups in total. The molecule has 0 atom stereocenters. The number of carbonyl (C=O) groups is 2. The van der Waals surface area contributed by atoms with Gasteiger partial charge in [0.05, 0.1) is 12.2 Å². The van der Waals surface area contributed by atoms with Crippen LogP contribution in [-0.2, 0) is 26.1 Å². The van der Waals surface area contributed by atoms with Gasteiger partial charge < -0.3 is 20.1 Å². The number of nitrogens with zero attached hydrogens (tertiary/aromatic N) is 3. The van der Waals surface area contributed by atoms with E-state index in [2.05, 4.69) is 9.89 Å². The molecule has 2 rings (SSSR count). The van der Waals surface area contributed by atoms with Crippen molar-refractivity contribution in [3.63, 3.8) is 0 Å². The molecule has 0 unspecified atom stereocenters. The summed E-state index contributed by atoms with van der Waals surface area (Å²) in [6, 6.07) is 4.79. The summed E-state index contributed by atoms with van der Waals surface area (Å²) in [5.74, 6) is 0. The second-order valence-corrected chi connectivity index (χ2v) is 11.7. The van der Waals surface area contributed by atoms with Crippen LogP contribution in [0.25, 0.3) is 0 Å². The van der Waals surface area contributed by atoms with Crippen molar-refractivity contribution in [2.75, 3.05) is 18.0 Å². The molecule has 0 radical (unpaired) electrons. The van der Waals surface area contributed by atoms with Gasteiger partial charge in [-0.2, -0.15) is 8.42 Å². The van der Waals surface area contributed by atoms with Crippen molar-refractivity contribution in [1.82, 2.24) is 4.90 Å². The monoisotopic (exact) mass is 512 g/mol. The number of benzene rings is 1. The first-order valence-corrected chi connectivity index (χ1v) is 12.8. The molecule has 1 aliphatic rings. The lowest BCUT2D eigenvalue weighted by Crippen LogP contribution is -2.43. The molecule has 2 amide bonds. The molecule has 0 saturated carbocycles. The fourth-order valence-electron chi connectivity index (χ4n) is 3.40. The Morgan fingerprint density at radius 2 is 1.54 bits per heavy atom. The van der Waals surface area contributed by atoms with Crippen LogP contribution in [0.5, 0.6) is 0 Å². The summed E-state index contributed by atoms with van der Waals surface area (Å²) in [5, 5.41) is -0.967. The van der Waals surface area contributed by atoms with E-state index >= 15 is 0 Å². The van der Waals surface area contributed by atoms with E-state index in [9.17, 15) is 18.0 Å². The molecule has 1 heterocycles. The lowest BCUT2D eigenvalue weighted by atomic mass is 10.1. The zero-order chi connectivity index (χ0) is 26.6. The first-order chi connectivity index (χ1) is 16.0. The highest BCUT2D eigenvalue weighted by Gasteiger charge is 2.32. The predicted octanol–water partition coefficient (Wildman–Crippen LogP) is 4.18. The molecule has 35 heavy (non-hydrogen) atoms. The molecule has 0 bridgehead atoms. The zero-order valence-electron chi connectivity index (χ0n) is 21.2. The fourth-order valence-corrected chi connectivity index (χ4v) is 3.63. The smallest absolute Gasteiger partial charge is 0.420 e. The zero-order valence-corrected chi connectivity index (χ0v) is 22.0. The number of aliphatic imine (C=N–C) groups is 1. The third-order valence-corrected chi connectivity index (χ3v) is 5.44. The Labute approximate surface area is 207 Å². The van der Waals surface area contributed by atoms with Gasteiger partial charge in [0.1, 0.15) is 11.2 Å². The van der Waals surface area contributed by atoms with Gasteiger partial charge in [-0.1, -0.05) is 0 Å². The van der Waals surface area contributed by atoms with E-state index in [1.807, 2.05) is 0 Å². The van der Waals surface area contributed by atoms with E-state index in [0.717, 1.165) is 42.9 Å². The van der Waals surface area contributed by atoms with Crippen LogP contribution in [0, 0.1) is 0 Å². The molecule has 1 aromatic carbocycles. The summed E-state index contributed by atoms with van der Waals surface area (Å²) in [4.78, 5) is 32.8. The maximum atomic E-state index is 13.0. The second-order valence-electron chi connectivity index (χ2n) is 10.3. The van der Waals surface area contributed by atoms with Gasteiger partial charge in [0.25, 0.3) is 0 Å². The third kappa shape index (κ3) is 9.02. The largest absolute Gasteiger partial charge is 0.443 e. The van der Waals surface area contributed by atoms with Crippen molar-refractivity contribution in [2.45, 2.75) is 78.6 Å². The molecule has 0 aliphatic carbocycles. The molecular weight excluding hydrogens is 476 g/mol. The number of amides is 2. The topological polar surface area (TPSA) is 152 Å². The van der Waals surface area contributed by atoms with Crippen LogP contribution in [0.3, 0.4) is 0 Å². The number of amidine groups is 1. The molecule has 0 aromatic heterocycles. The number of imide groups is 1. The fraction of sp³-hybridized carbons (Fsp3) is 0.609. The van der Waals surface area contributed by atoms with Crippen LogP contribution in [-0.4, -0.2) is 59.5 Å². The summed E-state index contributed by atoms with van der Waals surface area (Å²) in [6.07, 6.45) is 1.29. The highest BCUT2D eigenvalue weighted by Crippen LogP contribution is 2.30. The molecule has 1 aromatic rings. The summed E-state index contributed by atoms with van der Waals surface area (Å²) >= 11 is 0. The number of carbonyl (C=O) groups excluding carboxylic acids is 2. The van der Waals surface area contributed by atoms with Crippen LogP contribution >= 0.6 is 0 Å². The maximum absolute atomic E-state index is 13.0. The predicted molar refractivity (Wildman–Crippen MR) is 133 cm³/mol. The molecule has 11 nitrogen and oxygen atoms in total. The number of piperidine rings is 1. The number of ether oxygens (including phenoxy) is 2. The van der Waals surface area contributed by atoms with Gasteiger partial charge in [-0.3, -0.25) is 4.55 Å². The maximum Gasteiger partial charge on any atom is 0.420 e. The minimum absolute atomic E-state index is 0.129. The van der Waals surface area contributed by atoms with Crippen LogP contribution in [0.2, 0.25) is 0 Å². The molecule has 1 saturated heterocycles. The molecule has 1 fully saturated rings. The van der Waals surface area contributed by atoms with Gasteiger partial charge in [0, 0.05) is 18.8 Å². The summed E-state index contributed by atoms with van der Waals surface area (Å²) in [7, 11) is -4.68. The Hall–Kier alpha value is -2.86. The first kappa shape index (κ1) is 28.4. The highest BCUT2D eigenvalue weighted by atomic mass is 32.2. The van der Waals surface area contributed by atoms with E-state index in [4.69, 9.17) is 19.8 Å². The number of anilines is 1. The van der Waals surface area contributed by atoms with Crippen LogP contribution in [0.15, 0.2) is 23.2 Å². The SMILES string of the molecule is CC(C)(C)OC(=O)N(Cc1cc(N=C(N)S(=O)(=O)O)ccc1N1CCCCC1)C(=O)OC(C)(C)C. The van der Waals surface area contributed by atoms with Crippen molar-refractivity contribution in [2.24, 2.45) is 10.7 Å². The number of nitrogens with two attached hydrogens (primary N) is 1. The van der Waals surface area contributed by atoms with Crippen molar-refractivity contribution in [1.29, 1.82) is 0 Å². The molecule has 196 valence electrons. The number of hydrogen-bond donors (Lipinski definition) is 2. The van der Waals surface area contributed by atoms with Crippen LogP contribution < -0.4 is 10.6 Å². The average Bonchev–Trinajstić information content (AvgIpc) is 2.69. The van der Waals surface area contributed by atoms with Gasteiger partial charge in [-0.05, 0) is 84.6 Å².